The third-order valence-corrected chi connectivity index (χ3v) is 7.76. The molecule has 0 aliphatic carbocycles. The molecule has 0 saturated heterocycles. The summed E-state index contributed by atoms with van der Waals surface area (Å²) in [6.45, 7) is 12.3. The molecule has 0 spiro atoms. The lowest BCUT2D eigenvalue weighted by Crippen LogP contribution is -2.42. The fourth-order valence-corrected chi connectivity index (χ4v) is 5.03. The number of carbonyl (C=O) groups excluding carboxylic acids is 3. The summed E-state index contributed by atoms with van der Waals surface area (Å²) in [6.07, 6.45) is 4.14. The van der Waals surface area contributed by atoms with Gasteiger partial charge in [-0.3, -0.25) is 9.69 Å². The van der Waals surface area contributed by atoms with Crippen LogP contribution in [0.4, 0.5) is 44.0 Å². The van der Waals surface area contributed by atoms with Gasteiger partial charge in [0.25, 0.3) is 0 Å². The predicted molar refractivity (Wildman–Crippen MR) is 195 cm³/mol. The van der Waals surface area contributed by atoms with E-state index in [1.807, 2.05) is 39.0 Å². The third-order valence-electron chi connectivity index (χ3n) is 7.37. The van der Waals surface area contributed by atoms with Crippen LogP contribution in [-0.4, -0.2) is 98.4 Å². The summed E-state index contributed by atoms with van der Waals surface area (Å²) in [5.74, 6) is 1.07. The van der Waals surface area contributed by atoms with Gasteiger partial charge in [0, 0.05) is 30.9 Å². The number of ether oxygens (including phenoxy) is 3. The van der Waals surface area contributed by atoms with E-state index < -0.39 is 17.7 Å². The van der Waals surface area contributed by atoms with E-state index in [4.69, 9.17) is 25.8 Å². The van der Waals surface area contributed by atoms with Crippen LogP contribution in [0, 0.1) is 0 Å². The molecule has 2 aromatic carbocycles. The van der Waals surface area contributed by atoms with Crippen LogP contribution in [0.2, 0.25) is 5.02 Å². The summed E-state index contributed by atoms with van der Waals surface area (Å²) in [5.41, 5.74) is 1.71. The molecular formula is C34H43ClN9O6+. The van der Waals surface area contributed by atoms with Crippen LogP contribution < -0.4 is 40.5 Å². The fraction of sp³-hybridized carbons (Fsp3) is 0.353. The summed E-state index contributed by atoms with van der Waals surface area (Å²) in [5, 5.41) is 11.8. The predicted octanol–water partition coefficient (Wildman–Crippen LogP) is 5.11. The number of urea groups is 1. The molecule has 0 unspecified atom stereocenters. The van der Waals surface area contributed by atoms with Gasteiger partial charge in [-0.1, -0.05) is 18.2 Å². The van der Waals surface area contributed by atoms with Gasteiger partial charge in [-0.25, -0.2) is 24.1 Å². The molecule has 4 N–H and O–H groups in total. The Hall–Kier alpha value is -5.57. The first-order valence-corrected chi connectivity index (χ1v) is 16.1. The average molecular weight is 709 g/mol. The molecule has 16 heteroatoms. The van der Waals surface area contributed by atoms with Gasteiger partial charge in [-0.05, 0) is 45.0 Å². The number of aromatic nitrogens is 2. The van der Waals surface area contributed by atoms with Gasteiger partial charge in [-0.15, -0.1) is 0 Å². The number of benzene rings is 2. The fourth-order valence-electron chi connectivity index (χ4n) is 4.79. The normalized spacial score (nSPS) is 12.6. The van der Waals surface area contributed by atoms with Gasteiger partial charge in [0.2, 0.25) is 5.91 Å². The molecule has 1 aliphatic rings. The summed E-state index contributed by atoms with van der Waals surface area (Å²) in [7, 11) is 4.51. The lowest BCUT2D eigenvalue weighted by molar-refractivity contribution is -0.522. The molecule has 0 saturated carbocycles. The van der Waals surface area contributed by atoms with Crippen LogP contribution in [0.3, 0.4) is 0 Å². The average Bonchev–Trinajstić information content (AvgIpc) is 3.09. The molecule has 50 heavy (non-hydrogen) atoms. The molecule has 2 heterocycles. The number of hydrogen-bond donors (Lipinski definition) is 4. The Labute approximate surface area is 296 Å². The summed E-state index contributed by atoms with van der Waals surface area (Å²) >= 11 is 6.41. The molecule has 266 valence electrons. The van der Waals surface area contributed by atoms with Crippen molar-refractivity contribution in [2.45, 2.75) is 26.4 Å². The first-order chi connectivity index (χ1) is 23.8. The number of amides is 4. The summed E-state index contributed by atoms with van der Waals surface area (Å²) in [4.78, 5) is 49.5. The largest absolute Gasteiger partial charge is 0.497 e. The van der Waals surface area contributed by atoms with E-state index in [-0.39, 0.29) is 16.7 Å². The second-order valence-corrected chi connectivity index (χ2v) is 12.5. The minimum absolute atomic E-state index is 0.213. The molecule has 4 rings (SSSR count). The standard InChI is InChI=1S/C34H42ClN9O6/c1-8-30(45)40-25-17-22(44-15-13-43(14-16-44)12-11-36-33(47)50-34(2,3)4)9-10-24(25)39-28-20-29(38-21-37-28)42(5)32(46)41-26-18-23(48-6)19-27(49-7)31(26)35/h8-10,13,17-21H,1,11-12,14-16H2,2-7H3,(H3-,36,37,38,39,40,41,45,46,47)/p+1. The first kappa shape index (κ1) is 37.3. The van der Waals surface area contributed by atoms with Crippen LogP contribution in [0.1, 0.15) is 20.8 Å². The van der Waals surface area contributed by atoms with Crippen molar-refractivity contribution in [3.05, 3.63) is 60.4 Å². The second kappa shape index (κ2) is 16.7. The number of methoxy groups -OCH3 is 2. The van der Waals surface area contributed by atoms with E-state index >= 15 is 0 Å². The number of hydrogen-bond acceptors (Lipinski definition) is 10. The third kappa shape index (κ3) is 10.2. The lowest BCUT2D eigenvalue weighted by Gasteiger charge is -2.26. The Kier molecular flexibility index (Phi) is 12.4. The topological polar surface area (TPSA) is 162 Å². The Balaban J connectivity index is 1.45. The Morgan fingerprint density at radius 1 is 1.06 bits per heavy atom. The number of halogens is 1. The maximum Gasteiger partial charge on any atom is 0.407 e. The van der Waals surface area contributed by atoms with Gasteiger partial charge >= 0.3 is 12.1 Å². The minimum atomic E-state index is -0.548. The molecule has 0 fully saturated rings. The zero-order valence-corrected chi connectivity index (χ0v) is 29.8. The van der Waals surface area contributed by atoms with Crippen molar-refractivity contribution in [2.75, 3.05) is 79.7 Å². The maximum absolute atomic E-state index is 13.2. The van der Waals surface area contributed by atoms with Crippen LogP contribution in [0.15, 0.2) is 55.4 Å². The van der Waals surface area contributed by atoms with E-state index in [1.54, 1.807) is 25.2 Å². The highest BCUT2D eigenvalue weighted by atomic mass is 35.5. The maximum atomic E-state index is 13.2. The smallest absolute Gasteiger partial charge is 0.407 e. The van der Waals surface area contributed by atoms with E-state index in [0.717, 1.165) is 18.8 Å². The van der Waals surface area contributed by atoms with Crippen molar-refractivity contribution in [3.63, 3.8) is 0 Å². The van der Waals surface area contributed by atoms with Crippen molar-refractivity contribution >= 4 is 70.2 Å². The SMILES string of the molecule is C=CC(=O)Nc1cc(N2CC=[N+](CCNC(=O)OC(C)(C)C)CC2)ccc1Nc1cc(N(C)C(=O)Nc2cc(OC)cc(OC)c2Cl)ncn1. The highest BCUT2D eigenvalue weighted by molar-refractivity contribution is 6.35. The van der Waals surface area contributed by atoms with Crippen molar-refractivity contribution in [2.24, 2.45) is 0 Å². The number of carbonyl (C=O) groups is 3. The van der Waals surface area contributed by atoms with Gasteiger partial charge in [-0.2, -0.15) is 0 Å². The number of rotatable bonds is 12. The number of anilines is 6. The van der Waals surface area contributed by atoms with Gasteiger partial charge in [0.15, 0.2) is 19.3 Å². The monoisotopic (exact) mass is 708 g/mol. The lowest BCUT2D eigenvalue weighted by atomic mass is 10.2. The summed E-state index contributed by atoms with van der Waals surface area (Å²) < 4.78 is 18.0. The van der Waals surface area contributed by atoms with Crippen molar-refractivity contribution in [1.82, 2.24) is 15.3 Å². The molecule has 0 bridgehead atoms. The van der Waals surface area contributed by atoms with Crippen LogP contribution in [0.5, 0.6) is 11.5 Å². The van der Waals surface area contributed by atoms with Gasteiger partial charge in [0.1, 0.15) is 40.1 Å². The van der Waals surface area contributed by atoms with E-state index in [9.17, 15) is 14.4 Å². The quantitative estimate of drug-likeness (QED) is 0.147. The Morgan fingerprint density at radius 3 is 2.50 bits per heavy atom. The van der Waals surface area contributed by atoms with Crippen molar-refractivity contribution in [1.29, 1.82) is 0 Å². The first-order valence-electron chi connectivity index (χ1n) is 15.7. The number of nitrogens with zero attached hydrogens (tertiary/aromatic N) is 5. The Bertz CT molecular complexity index is 1760. The van der Waals surface area contributed by atoms with E-state index in [2.05, 4.69) is 53.5 Å². The molecule has 15 nitrogen and oxygen atoms in total. The van der Waals surface area contributed by atoms with Gasteiger partial charge in [0.05, 0.1) is 50.9 Å². The minimum Gasteiger partial charge on any atom is -0.497 e. The van der Waals surface area contributed by atoms with Gasteiger partial charge < -0.3 is 40.4 Å². The van der Waals surface area contributed by atoms with E-state index in [0.29, 0.717) is 54.0 Å². The molecule has 4 amide bonds. The Morgan fingerprint density at radius 2 is 1.84 bits per heavy atom. The van der Waals surface area contributed by atoms with Crippen molar-refractivity contribution in [3.8, 4) is 11.5 Å². The highest BCUT2D eigenvalue weighted by Gasteiger charge is 2.21. The van der Waals surface area contributed by atoms with Crippen LogP contribution in [-0.2, 0) is 9.53 Å². The molecular weight excluding hydrogens is 666 g/mol. The van der Waals surface area contributed by atoms with Crippen molar-refractivity contribution < 1.29 is 33.2 Å². The molecule has 0 radical (unpaired) electrons. The number of alkyl carbamates (subject to hydrolysis) is 1. The zero-order valence-electron chi connectivity index (χ0n) is 29.0. The molecule has 0 atom stereocenters. The number of nitrogens with one attached hydrogen (secondary N) is 4. The molecule has 1 aromatic heterocycles. The van der Waals surface area contributed by atoms with Crippen LogP contribution >= 0.6 is 11.6 Å². The molecule has 1 aliphatic heterocycles. The molecule has 3 aromatic rings. The zero-order chi connectivity index (χ0) is 36.4. The van der Waals surface area contributed by atoms with Crippen LogP contribution in [0.25, 0.3) is 0 Å². The van der Waals surface area contributed by atoms with E-state index in [1.165, 1.54) is 31.5 Å². The highest BCUT2D eigenvalue weighted by Crippen LogP contribution is 2.37. The second-order valence-electron chi connectivity index (χ2n) is 12.1. The summed E-state index contributed by atoms with van der Waals surface area (Å²) in [6, 6.07) is 9.90.